The molecule has 0 fully saturated rings. The smallest absolute Gasteiger partial charge is 1.00 e. The first kappa shape index (κ1) is 50.0. The molecule has 4 aromatic rings. The molecule has 0 radical (unpaired) electrons. The van der Waals surface area contributed by atoms with Gasteiger partial charge in [-0.15, -0.1) is 5.19 Å². The van der Waals surface area contributed by atoms with Gasteiger partial charge in [0.2, 0.25) is 17.2 Å². The number of hydrogen-bond acceptors (Lipinski definition) is 9. The van der Waals surface area contributed by atoms with Gasteiger partial charge < -0.3 is 79.9 Å². The Labute approximate surface area is 349 Å². The average molecular weight is 846 g/mol. The Morgan fingerprint density at radius 1 is 0.377 bits per heavy atom. The maximum absolute atomic E-state index is 6.44. The molecule has 4 aromatic carbocycles. The van der Waals surface area contributed by atoms with Crippen molar-refractivity contribution in [3.05, 3.63) is 57.1 Å². The summed E-state index contributed by atoms with van der Waals surface area (Å²) in [4.78, 5) is 0. The minimum Gasteiger partial charge on any atom is -1.00 e. The van der Waals surface area contributed by atoms with E-state index in [1.54, 1.807) is 64.0 Å². The fourth-order valence-electron chi connectivity index (χ4n) is 7.77. The van der Waals surface area contributed by atoms with Gasteiger partial charge in [0.05, 0.1) is 64.0 Å². The summed E-state index contributed by atoms with van der Waals surface area (Å²) in [6.45, 7) is 15.0. The Balaban J connectivity index is 0.00000676. The number of benzene rings is 3. The third-order valence-electron chi connectivity index (χ3n) is 10.0. The Morgan fingerprint density at radius 3 is 0.792 bits per heavy atom. The largest absolute Gasteiger partial charge is 4.00 e. The second-order valence-electron chi connectivity index (χ2n) is 12.1. The van der Waals surface area contributed by atoms with E-state index < -0.39 is 8.07 Å². The Morgan fingerprint density at radius 2 is 0.604 bits per heavy atom. The molecule has 0 bridgehead atoms. The maximum atomic E-state index is 6.44. The maximum Gasteiger partial charge on any atom is 4.00 e. The van der Waals surface area contributed by atoms with Gasteiger partial charge in [-0.05, 0) is 71.2 Å². The molecule has 290 valence electrons. The summed E-state index contributed by atoms with van der Waals surface area (Å²) in [7, 11) is 11.0. The van der Waals surface area contributed by atoms with Crippen molar-refractivity contribution in [3.8, 4) is 51.7 Å². The molecule has 0 N–H and O–H groups in total. The normalized spacial score (nSPS) is 10.4. The zero-order chi connectivity index (χ0) is 36.5. The summed E-state index contributed by atoms with van der Waals surface area (Å²) in [5.74, 6) is 4.75. The van der Waals surface area contributed by atoms with Crippen molar-refractivity contribution in [1.29, 1.82) is 0 Å². The molecule has 0 aliphatic carbocycles. The van der Waals surface area contributed by atoms with E-state index in [2.05, 4.69) is 48.5 Å². The standard InChI is InChI=1S/C39H51O9Si.3ClH.Ti/c1-20-17-27(40-8)30(43-11)33(46-14)36(20)49(39-25(6)23(4)24(5)26(39)7,37-21(2)18-28(41-9)31(44-12)34(37)47-15)38-22(3)19-29(42-10)32(45-13)35(38)48-16;;;;/h17-19H,1-16H3;3*1H;/q-1;;;;+4/p-3. The van der Waals surface area contributed by atoms with Gasteiger partial charge in [0.1, 0.15) is 8.07 Å². The number of rotatable bonds is 13. The van der Waals surface area contributed by atoms with Gasteiger partial charge in [-0.1, -0.05) is 27.7 Å². The molecular weight excluding hydrogens is 795 g/mol. The number of methoxy groups -OCH3 is 9. The quantitative estimate of drug-likeness (QED) is 0.0762. The van der Waals surface area contributed by atoms with E-state index in [1.165, 1.54) is 16.3 Å². The summed E-state index contributed by atoms with van der Waals surface area (Å²) in [5.41, 5.74) is 7.53. The van der Waals surface area contributed by atoms with Crippen LogP contribution in [-0.4, -0.2) is 72.1 Å². The van der Waals surface area contributed by atoms with Crippen LogP contribution in [0.4, 0.5) is 0 Å². The van der Waals surface area contributed by atoms with E-state index in [4.69, 9.17) is 42.6 Å². The van der Waals surface area contributed by atoms with E-state index in [9.17, 15) is 0 Å². The third kappa shape index (κ3) is 7.65. The fraction of sp³-hybridized carbons (Fsp3) is 0.410. The topological polar surface area (TPSA) is 83.1 Å². The van der Waals surface area contributed by atoms with Crippen LogP contribution in [0.3, 0.4) is 0 Å². The minimum atomic E-state index is -3.76. The van der Waals surface area contributed by atoms with Gasteiger partial charge in [0.15, 0.2) is 34.5 Å². The summed E-state index contributed by atoms with van der Waals surface area (Å²) < 4.78 is 55.3. The molecule has 4 rings (SSSR count). The second kappa shape index (κ2) is 20.1. The molecule has 0 amide bonds. The predicted octanol–water partition coefficient (Wildman–Crippen LogP) is -3.97. The van der Waals surface area contributed by atoms with Gasteiger partial charge in [0, 0.05) is 0 Å². The van der Waals surface area contributed by atoms with Gasteiger partial charge in [-0.3, -0.25) is 0 Å². The average Bonchev–Trinajstić information content (AvgIpc) is 3.29. The van der Waals surface area contributed by atoms with Crippen LogP contribution in [0.2, 0.25) is 0 Å². The first-order valence-electron chi connectivity index (χ1n) is 16.0. The van der Waals surface area contributed by atoms with E-state index in [0.717, 1.165) is 43.4 Å². The molecule has 0 unspecified atom stereocenters. The number of hydrogen-bond donors (Lipinski definition) is 0. The molecule has 53 heavy (non-hydrogen) atoms. The summed E-state index contributed by atoms with van der Waals surface area (Å²) >= 11 is 0. The first-order chi connectivity index (χ1) is 23.4. The second-order valence-corrected chi connectivity index (χ2v) is 15.6. The zero-order valence-electron chi connectivity index (χ0n) is 33.5. The number of halogens is 3. The molecule has 0 aliphatic heterocycles. The van der Waals surface area contributed by atoms with Crippen molar-refractivity contribution in [1.82, 2.24) is 0 Å². The van der Waals surface area contributed by atoms with Crippen molar-refractivity contribution < 1.29 is 102 Å². The molecule has 0 atom stereocenters. The van der Waals surface area contributed by atoms with Crippen LogP contribution in [0, 0.1) is 48.5 Å². The van der Waals surface area contributed by atoms with E-state index in [-0.39, 0.29) is 58.9 Å². The molecule has 0 saturated carbocycles. The van der Waals surface area contributed by atoms with Crippen molar-refractivity contribution in [2.45, 2.75) is 48.5 Å². The molecule has 0 spiro atoms. The van der Waals surface area contributed by atoms with Crippen LogP contribution in [-0.2, 0) is 21.7 Å². The Hall–Kier alpha value is -2.99. The minimum absolute atomic E-state index is 0. The van der Waals surface area contributed by atoms with Crippen molar-refractivity contribution in [2.24, 2.45) is 0 Å². The van der Waals surface area contributed by atoms with Gasteiger partial charge in [0.25, 0.3) is 0 Å². The SMILES string of the molecule is COc1cc(C)c([Si](c2c(C)cc(OC)c(OC)c2OC)(c2c(C)cc(OC)c(OC)c2OC)[c-]2c(C)c(C)c(C)c2C)c(OC)c1OC.[Cl-].[Cl-].[Cl-].[Ti+4]. The van der Waals surface area contributed by atoms with Crippen LogP contribution in [0.15, 0.2) is 18.2 Å². The Kier molecular flexibility index (Phi) is 18.9. The van der Waals surface area contributed by atoms with Crippen LogP contribution < -0.4 is 101 Å². The molecule has 14 heteroatoms. The van der Waals surface area contributed by atoms with Crippen LogP contribution in [0.25, 0.3) is 0 Å². The summed E-state index contributed by atoms with van der Waals surface area (Å²) in [5, 5.41) is 3.97. The molecule has 0 heterocycles. The predicted molar refractivity (Wildman–Crippen MR) is 198 cm³/mol. The van der Waals surface area contributed by atoms with E-state index in [1.807, 2.05) is 18.2 Å². The van der Waals surface area contributed by atoms with E-state index in [0.29, 0.717) is 51.7 Å². The van der Waals surface area contributed by atoms with E-state index >= 15 is 0 Å². The monoisotopic (exact) mass is 844 g/mol. The molecule has 0 aromatic heterocycles. The molecule has 9 nitrogen and oxygen atoms in total. The van der Waals surface area contributed by atoms with Crippen LogP contribution in [0.5, 0.6) is 51.7 Å². The molecule has 0 saturated heterocycles. The fourth-order valence-corrected chi connectivity index (χ4v) is 14.4. The van der Waals surface area contributed by atoms with Gasteiger partial charge in [-0.2, -0.15) is 22.3 Å². The number of ether oxygens (including phenoxy) is 9. The zero-order valence-corrected chi connectivity index (χ0v) is 38.4. The van der Waals surface area contributed by atoms with Crippen molar-refractivity contribution in [2.75, 3.05) is 64.0 Å². The van der Waals surface area contributed by atoms with Crippen molar-refractivity contribution in [3.63, 3.8) is 0 Å². The molecule has 0 aliphatic rings. The van der Waals surface area contributed by atoms with Crippen LogP contribution in [0.1, 0.15) is 38.9 Å². The van der Waals surface area contributed by atoms with Crippen molar-refractivity contribution >= 4 is 28.8 Å². The van der Waals surface area contributed by atoms with Gasteiger partial charge >= 0.3 is 21.7 Å². The van der Waals surface area contributed by atoms with Crippen LogP contribution >= 0.6 is 0 Å². The first-order valence-corrected chi connectivity index (χ1v) is 18.0. The third-order valence-corrected chi connectivity index (χ3v) is 15.6. The summed E-state index contributed by atoms with van der Waals surface area (Å²) in [6.07, 6.45) is 0. The Bertz CT molecular complexity index is 1700. The summed E-state index contributed by atoms with van der Waals surface area (Å²) in [6, 6.07) is 6.03. The van der Waals surface area contributed by atoms with Gasteiger partial charge in [-0.25, -0.2) is 0 Å². The molecular formula is C39H51Cl3O9SiTi. The number of aryl methyl sites for hydroxylation is 3.